The number of fused-ring (bicyclic) bond motifs is 1. The number of aliphatic hydroxyl groups excluding tert-OH is 1. The summed E-state index contributed by atoms with van der Waals surface area (Å²) < 4.78 is 9.51. The van der Waals surface area contributed by atoms with Gasteiger partial charge in [0.25, 0.3) is 0 Å². The molecular weight excluding hydrogens is 326 g/mol. The summed E-state index contributed by atoms with van der Waals surface area (Å²) in [4.78, 5) is 0. The fraction of sp³-hybridized carbons (Fsp3) is 0.278. The Balaban J connectivity index is 0.00000208. The van der Waals surface area contributed by atoms with Crippen LogP contribution in [0.4, 0.5) is 0 Å². The summed E-state index contributed by atoms with van der Waals surface area (Å²) in [6.45, 7) is 3.57. The van der Waals surface area contributed by atoms with Gasteiger partial charge in [0.15, 0.2) is 0 Å². The molecule has 1 aromatic heterocycles. The van der Waals surface area contributed by atoms with Crippen molar-refractivity contribution in [1.29, 1.82) is 5.41 Å². The van der Waals surface area contributed by atoms with E-state index in [1.807, 2.05) is 64.6 Å². The third-order valence-electron chi connectivity index (χ3n) is 3.90. The van der Waals surface area contributed by atoms with Crippen molar-refractivity contribution in [2.45, 2.75) is 20.0 Å². The lowest BCUT2D eigenvalue weighted by molar-refractivity contribution is 0.272. The van der Waals surface area contributed by atoms with E-state index in [1.54, 1.807) is 0 Å². The molecule has 0 atom stereocenters. The standard InChI is InChI=1S/C18H21N3O2.ClH/c1-14-6-8-15(9-7-14)23-13-11-21-17-5-3-2-4-16(17)20(10-12-22)18(21)19;/h2-9,19,22H,10-13H2,1H3;1H. The van der Waals surface area contributed by atoms with Gasteiger partial charge >= 0.3 is 0 Å². The highest BCUT2D eigenvalue weighted by Crippen LogP contribution is 2.14. The van der Waals surface area contributed by atoms with Crippen LogP contribution in [0, 0.1) is 12.3 Å². The molecule has 0 bridgehead atoms. The van der Waals surface area contributed by atoms with Gasteiger partial charge in [-0.25, -0.2) is 0 Å². The van der Waals surface area contributed by atoms with Crippen LogP contribution in [0.3, 0.4) is 0 Å². The number of halogens is 1. The number of aliphatic hydroxyl groups is 1. The Bertz CT molecular complexity index is 853. The highest BCUT2D eigenvalue weighted by Gasteiger charge is 2.09. The lowest BCUT2D eigenvalue weighted by Gasteiger charge is -2.08. The molecule has 0 saturated carbocycles. The SMILES string of the molecule is Cc1ccc(OCCn2c(=N)n(CCO)c3ccccc32)cc1.Cl. The Morgan fingerprint density at radius 3 is 2.12 bits per heavy atom. The van der Waals surface area contributed by atoms with E-state index in [-0.39, 0.29) is 19.0 Å². The average Bonchev–Trinajstić information content (AvgIpc) is 2.83. The average molecular weight is 348 g/mol. The fourth-order valence-corrected chi connectivity index (χ4v) is 2.74. The van der Waals surface area contributed by atoms with E-state index in [0.717, 1.165) is 16.8 Å². The maximum Gasteiger partial charge on any atom is 0.203 e. The lowest BCUT2D eigenvalue weighted by Crippen LogP contribution is -2.27. The Morgan fingerprint density at radius 2 is 1.54 bits per heavy atom. The van der Waals surface area contributed by atoms with E-state index in [0.29, 0.717) is 25.3 Å². The number of aromatic nitrogens is 2. The van der Waals surface area contributed by atoms with Crippen LogP contribution in [0.1, 0.15) is 5.56 Å². The summed E-state index contributed by atoms with van der Waals surface area (Å²) in [5, 5.41) is 17.6. The number of aryl methyl sites for hydroxylation is 1. The molecule has 0 aliphatic heterocycles. The molecule has 0 amide bonds. The number of hydrogen-bond donors (Lipinski definition) is 2. The summed E-state index contributed by atoms with van der Waals surface area (Å²) in [5.41, 5.74) is 3.53. The Kier molecular flexibility index (Phi) is 6.06. The predicted molar refractivity (Wildman–Crippen MR) is 96.8 cm³/mol. The van der Waals surface area contributed by atoms with Crippen molar-refractivity contribution in [3.63, 3.8) is 0 Å². The summed E-state index contributed by atoms with van der Waals surface area (Å²) in [7, 11) is 0. The van der Waals surface area contributed by atoms with Gasteiger partial charge in [0, 0.05) is 6.54 Å². The molecule has 6 heteroatoms. The van der Waals surface area contributed by atoms with E-state index in [9.17, 15) is 5.11 Å². The smallest absolute Gasteiger partial charge is 0.203 e. The van der Waals surface area contributed by atoms with Gasteiger partial charge in [-0.05, 0) is 31.2 Å². The van der Waals surface area contributed by atoms with E-state index in [1.165, 1.54) is 5.56 Å². The number of nitrogens with zero attached hydrogens (tertiary/aromatic N) is 2. The molecule has 0 aliphatic rings. The Morgan fingerprint density at radius 1 is 0.958 bits per heavy atom. The summed E-state index contributed by atoms with van der Waals surface area (Å²) in [6, 6.07) is 15.8. The van der Waals surface area contributed by atoms with Crippen molar-refractivity contribution in [3.05, 3.63) is 59.7 Å². The molecule has 3 aromatic rings. The fourth-order valence-electron chi connectivity index (χ4n) is 2.74. The first-order valence-corrected chi connectivity index (χ1v) is 7.73. The van der Waals surface area contributed by atoms with E-state index in [4.69, 9.17) is 10.1 Å². The first-order chi connectivity index (χ1) is 11.2. The number of hydrogen-bond acceptors (Lipinski definition) is 3. The number of imidazole rings is 1. The van der Waals surface area contributed by atoms with Gasteiger partial charge in [0.05, 0.1) is 24.2 Å². The van der Waals surface area contributed by atoms with Crippen LogP contribution in [-0.2, 0) is 13.1 Å². The normalized spacial score (nSPS) is 10.6. The topological polar surface area (TPSA) is 63.2 Å². The van der Waals surface area contributed by atoms with Gasteiger partial charge in [0.1, 0.15) is 12.4 Å². The van der Waals surface area contributed by atoms with Gasteiger partial charge in [-0.15, -0.1) is 12.4 Å². The van der Waals surface area contributed by atoms with Crippen molar-refractivity contribution in [3.8, 4) is 5.75 Å². The van der Waals surface area contributed by atoms with Crippen molar-refractivity contribution in [2.75, 3.05) is 13.2 Å². The van der Waals surface area contributed by atoms with Crippen LogP contribution in [0.5, 0.6) is 5.75 Å². The third-order valence-corrected chi connectivity index (χ3v) is 3.90. The zero-order chi connectivity index (χ0) is 16.2. The molecule has 3 rings (SSSR count). The van der Waals surface area contributed by atoms with Crippen LogP contribution >= 0.6 is 12.4 Å². The third kappa shape index (κ3) is 3.63. The van der Waals surface area contributed by atoms with Crippen molar-refractivity contribution in [1.82, 2.24) is 9.13 Å². The molecule has 0 spiro atoms. The molecule has 2 aromatic carbocycles. The van der Waals surface area contributed by atoms with Crippen LogP contribution in [-0.4, -0.2) is 27.5 Å². The number of benzene rings is 2. The molecule has 5 nitrogen and oxygen atoms in total. The first-order valence-electron chi connectivity index (χ1n) is 7.73. The number of nitrogens with one attached hydrogen (secondary N) is 1. The van der Waals surface area contributed by atoms with Gasteiger partial charge in [-0.1, -0.05) is 29.8 Å². The van der Waals surface area contributed by atoms with Crippen LogP contribution < -0.4 is 10.4 Å². The van der Waals surface area contributed by atoms with Gasteiger partial charge in [0.2, 0.25) is 5.62 Å². The van der Waals surface area contributed by atoms with E-state index in [2.05, 4.69) is 0 Å². The highest BCUT2D eigenvalue weighted by atomic mass is 35.5. The molecule has 2 N–H and O–H groups in total. The van der Waals surface area contributed by atoms with Crippen molar-refractivity contribution >= 4 is 23.4 Å². The van der Waals surface area contributed by atoms with Crippen LogP contribution in [0.15, 0.2) is 48.5 Å². The van der Waals surface area contributed by atoms with Gasteiger partial charge < -0.3 is 19.0 Å². The molecular formula is C18H22ClN3O2. The van der Waals surface area contributed by atoms with Crippen LogP contribution in [0.2, 0.25) is 0 Å². The molecule has 0 saturated heterocycles. The monoisotopic (exact) mass is 347 g/mol. The summed E-state index contributed by atoms with van der Waals surface area (Å²) in [6.07, 6.45) is 0. The number of rotatable bonds is 6. The van der Waals surface area contributed by atoms with Gasteiger partial charge in [-0.3, -0.25) is 5.41 Å². The van der Waals surface area contributed by atoms with E-state index >= 15 is 0 Å². The van der Waals surface area contributed by atoms with Gasteiger partial charge in [-0.2, -0.15) is 0 Å². The minimum absolute atomic E-state index is 0. The van der Waals surface area contributed by atoms with Crippen LogP contribution in [0.25, 0.3) is 11.0 Å². The largest absolute Gasteiger partial charge is 0.492 e. The second-order valence-corrected chi connectivity index (χ2v) is 5.50. The molecule has 0 unspecified atom stereocenters. The quantitative estimate of drug-likeness (QED) is 0.720. The molecule has 0 fully saturated rings. The Labute approximate surface area is 147 Å². The molecule has 0 aliphatic carbocycles. The second-order valence-electron chi connectivity index (χ2n) is 5.50. The molecule has 0 radical (unpaired) electrons. The zero-order valence-corrected chi connectivity index (χ0v) is 14.4. The molecule has 1 heterocycles. The lowest BCUT2D eigenvalue weighted by atomic mass is 10.2. The maximum absolute atomic E-state index is 9.22. The minimum atomic E-state index is 0. The maximum atomic E-state index is 9.22. The second kappa shape index (κ2) is 8.04. The zero-order valence-electron chi connectivity index (χ0n) is 13.6. The Hall–Kier alpha value is -2.24. The number of para-hydroxylation sites is 2. The number of ether oxygens (including phenoxy) is 1. The van der Waals surface area contributed by atoms with E-state index < -0.39 is 0 Å². The predicted octanol–water partition coefficient (Wildman–Crippen LogP) is 2.72. The first kappa shape index (κ1) is 18.1. The van der Waals surface area contributed by atoms with Crippen molar-refractivity contribution < 1.29 is 9.84 Å². The highest BCUT2D eigenvalue weighted by molar-refractivity contribution is 5.85. The molecule has 24 heavy (non-hydrogen) atoms. The summed E-state index contributed by atoms with van der Waals surface area (Å²) in [5.74, 6) is 0.835. The molecule has 128 valence electrons. The minimum Gasteiger partial charge on any atom is -0.492 e. The summed E-state index contributed by atoms with van der Waals surface area (Å²) >= 11 is 0. The van der Waals surface area contributed by atoms with Crippen molar-refractivity contribution in [2.24, 2.45) is 0 Å².